The SMILES string of the molecule is Cc1cccc(C)c1CNc1cc(NC(=O)[C@H]2CCN(C(=O)OC(C)(C)C)C2)cn2c(C)c(C)nc12. The Morgan fingerprint density at radius 1 is 1.14 bits per heavy atom. The first-order valence-corrected chi connectivity index (χ1v) is 12.5. The molecule has 0 unspecified atom stereocenters. The van der Waals surface area contributed by atoms with Crippen LogP contribution in [0.1, 0.15) is 55.3 Å². The highest BCUT2D eigenvalue weighted by molar-refractivity contribution is 5.94. The summed E-state index contributed by atoms with van der Waals surface area (Å²) >= 11 is 0. The van der Waals surface area contributed by atoms with Crippen molar-refractivity contribution in [3.05, 3.63) is 58.5 Å². The third-order valence-electron chi connectivity index (χ3n) is 6.77. The Morgan fingerprint density at radius 3 is 2.50 bits per heavy atom. The van der Waals surface area contributed by atoms with Crippen molar-refractivity contribution in [3.8, 4) is 0 Å². The van der Waals surface area contributed by atoms with Crippen molar-refractivity contribution in [2.75, 3.05) is 23.7 Å². The average Bonchev–Trinajstić information content (AvgIpc) is 3.39. The molecule has 2 N–H and O–H groups in total. The summed E-state index contributed by atoms with van der Waals surface area (Å²) in [5.41, 5.74) is 7.48. The molecular formula is C28H37N5O3. The van der Waals surface area contributed by atoms with Crippen LogP contribution in [0.15, 0.2) is 30.5 Å². The molecular weight excluding hydrogens is 454 g/mol. The summed E-state index contributed by atoms with van der Waals surface area (Å²) in [6, 6.07) is 8.23. The van der Waals surface area contributed by atoms with Gasteiger partial charge in [0.15, 0.2) is 5.65 Å². The molecule has 0 radical (unpaired) electrons. The molecule has 1 saturated heterocycles. The zero-order valence-corrected chi connectivity index (χ0v) is 22.4. The van der Waals surface area contributed by atoms with E-state index in [1.54, 1.807) is 4.90 Å². The Morgan fingerprint density at radius 2 is 1.83 bits per heavy atom. The lowest BCUT2D eigenvalue weighted by molar-refractivity contribution is -0.119. The number of pyridine rings is 1. The molecule has 2 aromatic heterocycles. The van der Waals surface area contributed by atoms with Crippen LogP contribution in [0.2, 0.25) is 0 Å². The summed E-state index contributed by atoms with van der Waals surface area (Å²) in [7, 11) is 0. The van der Waals surface area contributed by atoms with Crippen LogP contribution in [0.25, 0.3) is 5.65 Å². The molecule has 1 fully saturated rings. The number of hydrogen-bond acceptors (Lipinski definition) is 5. The van der Waals surface area contributed by atoms with Crippen molar-refractivity contribution < 1.29 is 14.3 Å². The van der Waals surface area contributed by atoms with Gasteiger partial charge >= 0.3 is 6.09 Å². The predicted octanol–water partition coefficient (Wildman–Crippen LogP) is 5.38. The number of benzene rings is 1. The Bertz CT molecular complexity index is 1280. The lowest BCUT2D eigenvalue weighted by Crippen LogP contribution is -2.36. The van der Waals surface area contributed by atoms with Crippen molar-refractivity contribution >= 4 is 29.0 Å². The van der Waals surface area contributed by atoms with Gasteiger partial charge in [0.2, 0.25) is 5.91 Å². The normalized spacial score (nSPS) is 15.9. The molecule has 1 aliphatic heterocycles. The Labute approximate surface area is 213 Å². The molecule has 4 rings (SSSR count). The monoisotopic (exact) mass is 491 g/mol. The number of aryl methyl sites for hydroxylation is 4. The molecule has 3 aromatic rings. The van der Waals surface area contributed by atoms with Crippen LogP contribution >= 0.6 is 0 Å². The van der Waals surface area contributed by atoms with E-state index in [0.717, 1.165) is 22.7 Å². The number of nitrogens with one attached hydrogen (secondary N) is 2. The van der Waals surface area contributed by atoms with E-state index < -0.39 is 5.60 Å². The number of imidazole rings is 1. The third-order valence-corrected chi connectivity index (χ3v) is 6.77. The number of likely N-dealkylation sites (tertiary alicyclic amines) is 1. The fourth-order valence-corrected chi connectivity index (χ4v) is 4.59. The quantitative estimate of drug-likeness (QED) is 0.501. The fraction of sp³-hybridized carbons (Fsp3) is 0.464. The van der Waals surface area contributed by atoms with Gasteiger partial charge in [0.1, 0.15) is 5.60 Å². The first-order valence-electron chi connectivity index (χ1n) is 12.5. The highest BCUT2D eigenvalue weighted by Gasteiger charge is 2.33. The van der Waals surface area contributed by atoms with Crippen LogP contribution in [0, 0.1) is 33.6 Å². The van der Waals surface area contributed by atoms with Gasteiger partial charge in [0, 0.05) is 31.5 Å². The number of aromatic nitrogens is 2. The Hall–Kier alpha value is -3.55. The third kappa shape index (κ3) is 5.48. The summed E-state index contributed by atoms with van der Waals surface area (Å²) in [6.45, 7) is 15.3. The fourth-order valence-electron chi connectivity index (χ4n) is 4.59. The number of hydrogen-bond donors (Lipinski definition) is 2. The van der Waals surface area contributed by atoms with Crippen LogP contribution in [0.5, 0.6) is 0 Å². The number of ether oxygens (including phenoxy) is 1. The maximum atomic E-state index is 13.1. The Balaban J connectivity index is 1.53. The number of anilines is 2. The first-order chi connectivity index (χ1) is 16.9. The largest absolute Gasteiger partial charge is 0.444 e. The molecule has 0 bridgehead atoms. The molecule has 0 aliphatic carbocycles. The molecule has 3 heterocycles. The number of carbonyl (C=O) groups excluding carboxylic acids is 2. The van der Waals surface area contributed by atoms with Crippen LogP contribution < -0.4 is 10.6 Å². The highest BCUT2D eigenvalue weighted by Crippen LogP contribution is 2.27. The molecule has 1 aliphatic rings. The maximum Gasteiger partial charge on any atom is 0.410 e. The minimum Gasteiger partial charge on any atom is -0.444 e. The molecule has 0 spiro atoms. The van der Waals surface area contributed by atoms with Crippen molar-refractivity contribution in [2.45, 2.75) is 67.0 Å². The van der Waals surface area contributed by atoms with Gasteiger partial charge in [-0.05, 0) is 77.6 Å². The second-order valence-electron chi connectivity index (χ2n) is 10.7. The zero-order valence-electron chi connectivity index (χ0n) is 22.4. The van der Waals surface area contributed by atoms with Gasteiger partial charge < -0.3 is 24.7 Å². The second kappa shape index (κ2) is 9.84. The minimum atomic E-state index is -0.562. The van der Waals surface area contributed by atoms with Crippen molar-refractivity contribution in [1.82, 2.24) is 14.3 Å². The number of nitrogens with zero attached hydrogens (tertiary/aromatic N) is 3. The number of rotatable bonds is 5. The maximum absolute atomic E-state index is 13.1. The van der Waals surface area contributed by atoms with E-state index in [-0.39, 0.29) is 17.9 Å². The van der Waals surface area contributed by atoms with E-state index >= 15 is 0 Å². The second-order valence-corrected chi connectivity index (χ2v) is 10.7. The van der Waals surface area contributed by atoms with Crippen molar-refractivity contribution in [3.63, 3.8) is 0 Å². The highest BCUT2D eigenvalue weighted by atomic mass is 16.6. The minimum absolute atomic E-state index is 0.101. The van der Waals surface area contributed by atoms with E-state index in [1.165, 1.54) is 16.7 Å². The Kier molecular flexibility index (Phi) is 6.98. The smallest absolute Gasteiger partial charge is 0.410 e. The van der Waals surface area contributed by atoms with Gasteiger partial charge in [-0.3, -0.25) is 4.79 Å². The molecule has 1 aromatic carbocycles. The van der Waals surface area contributed by atoms with E-state index in [1.807, 2.05) is 51.3 Å². The first kappa shape index (κ1) is 25.5. The van der Waals surface area contributed by atoms with Gasteiger partial charge in [-0.15, -0.1) is 0 Å². The summed E-state index contributed by atoms with van der Waals surface area (Å²) < 4.78 is 7.48. The predicted molar refractivity (Wildman–Crippen MR) is 142 cm³/mol. The molecule has 192 valence electrons. The molecule has 36 heavy (non-hydrogen) atoms. The lowest BCUT2D eigenvalue weighted by Gasteiger charge is -2.24. The van der Waals surface area contributed by atoms with Gasteiger partial charge in [0.25, 0.3) is 0 Å². The molecule has 2 amide bonds. The number of amides is 2. The van der Waals surface area contributed by atoms with Gasteiger partial charge in [0.05, 0.1) is 23.0 Å². The molecule has 0 saturated carbocycles. The van der Waals surface area contributed by atoms with Crippen LogP contribution in [-0.4, -0.2) is 45.0 Å². The molecule has 8 nitrogen and oxygen atoms in total. The number of carbonyl (C=O) groups is 2. The van der Waals surface area contributed by atoms with E-state index in [4.69, 9.17) is 9.72 Å². The molecule has 1 atom stereocenters. The van der Waals surface area contributed by atoms with E-state index in [0.29, 0.717) is 31.7 Å². The average molecular weight is 492 g/mol. The van der Waals surface area contributed by atoms with Gasteiger partial charge in [-0.1, -0.05) is 18.2 Å². The van der Waals surface area contributed by atoms with Crippen molar-refractivity contribution in [2.24, 2.45) is 5.92 Å². The van der Waals surface area contributed by atoms with Crippen molar-refractivity contribution in [1.29, 1.82) is 0 Å². The standard InChI is InChI=1S/C28H37N5O3/c1-17-9-8-10-18(2)23(17)14-29-24-13-22(16-33-20(4)19(3)30-25(24)33)31-26(34)21-11-12-32(15-21)27(35)36-28(5,6)7/h8-10,13,16,21,29H,11-12,14-15H2,1-7H3,(H,31,34)/t21-/m0/s1. The summed E-state index contributed by atoms with van der Waals surface area (Å²) in [5.74, 6) is -0.388. The van der Waals surface area contributed by atoms with Crippen LogP contribution in [0.4, 0.5) is 16.2 Å². The van der Waals surface area contributed by atoms with E-state index in [2.05, 4.69) is 42.7 Å². The summed E-state index contributed by atoms with van der Waals surface area (Å²) in [4.78, 5) is 31.9. The lowest BCUT2D eigenvalue weighted by atomic mass is 10.0. The summed E-state index contributed by atoms with van der Waals surface area (Å²) in [5, 5.41) is 6.62. The van der Waals surface area contributed by atoms with Gasteiger partial charge in [-0.25, -0.2) is 9.78 Å². The van der Waals surface area contributed by atoms with Crippen LogP contribution in [0.3, 0.4) is 0 Å². The van der Waals surface area contributed by atoms with Crippen LogP contribution in [-0.2, 0) is 16.1 Å². The van der Waals surface area contributed by atoms with E-state index in [9.17, 15) is 9.59 Å². The topological polar surface area (TPSA) is 88.0 Å². The summed E-state index contributed by atoms with van der Waals surface area (Å²) in [6.07, 6.45) is 2.14. The number of fused-ring (bicyclic) bond motifs is 1. The zero-order chi connectivity index (χ0) is 26.2. The molecule has 8 heteroatoms. The van der Waals surface area contributed by atoms with Gasteiger partial charge in [-0.2, -0.15) is 0 Å².